The molecule has 2 rings (SSSR count). The topological polar surface area (TPSA) is 29.5 Å². The Labute approximate surface area is 97.2 Å². The zero-order valence-corrected chi connectivity index (χ0v) is 10.0. The van der Waals surface area contributed by atoms with Gasteiger partial charge < -0.3 is 9.64 Å². The fraction of sp³-hybridized carbons (Fsp3) is 0.364. The number of halogens is 1. The maximum absolute atomic E-state index is 11.3. The lowest BCUT2D eigenvalue weighted by molar-refractivity contribution is 0.0559. The summed E-state index contributed by atoms with van der Waals surface area (Å²) in [6.07, 6.45) is 0.610. The lowest BCUT2D eigenvalue weighted by Crippen LogP contribution is -2.37. The molecule has 15 heavy (non-hydrogen) atoms. The molecule has 1 fully saturated rings. The van der Waals surface area contributed by atoms with Gasteiger partial charge in [-0.2, -0.15) is 0 Å². The maximum atomic E-state index is 11.3. The molecule has 0 radical (unpaired) electrons. The molecule has 0 aromatic heterocycles. The Bertz CT molecular complexity index is 363. The fourth-order valence-corrected chi connectivity index (χ4v) is 2.02. The molecule has 1 aliphatic rings. The van der Waals surface area contributed by atoms with Crippen LogP contribution in [-0.2, 0) is 4.74 Å². The van der Waals surface area contributed by atoms with Crippen LogP contribution < -0.4 is 0 Å². The molecule has 1 aromatic carbocycles. The summed E-state index contributed by atoms with van der Waals surface area (Å²) in [5.41, 5.74) is 1.15. The minimum absolute atomic E-state index is 0.138. The quantitative estimate of drug-likeness (QED) is 0.785. The van der Waals surface area contributed by atoms with Gasteiger partial charge in [0.1, 0.15) is 0 Å². The average Bonchev–Trinajstić information content (AvgIpc) is 2.24. The van der Waals surface area contributed by atoms with Crippen molar-refractivity contribution in [1.82, 2.24) is 4.90 Å². The Morgan fingerprint density at radius 1 is 1.40 bits per heavy atom. The summed E-state index contributed by atoms with van der Waals surface area (Å²) >= 11 is 3.39. The smallest absolute Gasteiger partial charge is 0.410 e. The van der Waals surface area contributed by atoms with Crippen LogP contribution in [0.2, 0.25) is 0 Å². The van der Waals surface area contributed by atoms with E-state index in [2.05, 4.69) is 15.9 Å². The van der Waals surface area contributed by atoms with Gasteiger partial charge in [0.05, 0.1) is 12.6 Å². The normalized spacial score (nSPS) is 21.3. The van der Waals surface area contributed by atoms with E-state index in [1.165, 1.54) is 0 Å². The van der Waals surface area contributed by atoms with E-state index >= 15 is 0 Å². The largest absolute Gasteiger partial charge is 0.449 e. The number of ether oxygens (including phenoxy) is 1. The Hall–Kier alpha value is -1.03. The first-order chi connectivity index (χ1) is 7.18. The van der Waals surface area contributed by atoms with Crippen LogP contribution in [0, 0.1) is 0 Å². The van der Waals surface area contributed by atoms with Crippen LogP contribution in [0.4, 0.5) is 4.79 Å². The first-order valence-electron chi connectivity index (χ1n) is 4.83. The highest BCUT2D eigenvalue weighted by Crippen LogP contribution is 2.27. The minimum atomic E-state index is -0.242. The third-order valence-electron chi connectivity index (χ3n) is 2.63. The molecule has 0 saturated carbocycles. The molecule has 1 heterocycles. The van der Waals surface area contributed by atoms with Crippen LogP contribution in [-0.4, -0.2) is 24.6 Å². The van der Waals surface area contributed by atoms with Crippen molar-refractivity contribution in [3.05, 3.63) is 34.3 Å². The van der Waals surface area contributed by atoms with Crippen LogP contribution in [0.15, 0.2) is 28.7 Å². The summed E-state index contributed by atoms with van der Waals surface area (Å²) in [5, 5.41) is 0. The molecule has 0 spiro atoms. The van der Waals surface area contributed by atoms with E-state index in [-0.39, 0.29) is 12.1 Å². The van der Waals surface area contributed by atoms with Crippen molar-refractivity contribution in [3.63, 3.8) is 0 Å². The lowest BCUT2D eigenvalue weighted by Gasteiger charge is -2.32. The van der Waals surface area contributed by atoms with Gasteiger partial charge in [-0.1, -0.05) is 28.1 Å². The van der Waals surface area contributed by atoms with E-state index in [1.54, 1.807) is 11.9 Å². The summed E-state index contributed by atoms with van der Waals surface area (Å²) < 4.78 is 5.99. The van der Waals surface area contributed by atoms with Crippen LogP contribution in [0.25, 0.3) is 0 Å². The van der Waals surface area contributed by atoms with Gasteiger partial charge in [-0.05, 0) is 17.7 Å². The third-order valence-corrected chi connectivity index (χ3v) is 3.16. The first-order valence-corrected chi connectivity index (χ1v) is 5.63. The molecular weight excluding hydrogens is 258 g/mol. The van der Waals surface area contributed by atoms with E-state index in [4.69, 9.17) is 4.74 Å². The highest BCUT2D eigenvalue weighted by atomic mass is 79.9. The predicted molar refractivity (Wildman–Crippen MR) is 60.6 cm³/mol. The number of rotatable bonds is 1. The number of amides is 1. The Morgan fingerprint density at radius 2 is 2.07 bits per heavy atom. The summed E-state index contributed by atoms with van der Waals surface area (Å²) in [4.78, 5) is 13.0. The zero-order valence-electron chi connectivity index (χ0n) is 8.44. The Balaban J connectivity index is 2.22. The van der Waals surface area contributed by atoms with E-state index in [0.29, 0.717) is 6.61 Å². The molecule has 80 valence electrons. The number of cyclic esters (lactones) is 1. The van der Waals surface area contributed by atoms with Crippen molar-refractivity contribution < 1.29 is 9.53 Å². The van der Waals surface area contributed by atoms with E-state index in [1.807, 2.05) is 24.3 Å². The number of nitrogens with zero attached hydrogens (tertiary/aromatic N) is 1. The van der Waals surface area contributed by atoms with Gasteiger partial charge in [0.25, 0.3) is 0 Å². The number of carbonyl (C=O) groups is 1. The van der Waals surface area contributed by atoms with Crippen molar-refractivity contribution >= 4 is 22.0 Å². The number of carbonyl (C=O) groups excluding carboxylic acids is 1. The van der Waals surface area contributed by atoms with Crippen LogP contribution in [0.1, 0.15) is 18.0 Å². The second-order valence-corrected chi connectivity index (χ2v) is 4.50. The van der Waals surface area contributed by atoms with E-state index < -0.39 is 0 Å². The van der Waals surface area contributed by atoms with E-state index in [9.17, 15) is 4.79 Å². The molecule has 1 aromatic rings. The molecule has 0 aliphatic carbocycles. The molecule has 1 saturated heterocycles. The Morgan fingerprint density at radius 3 is 2.73 bits per heavy atom. The highest BCUT2D eigenvalue weighted by molar-refractivity contribution is 9.10. The van der Waals surface area contributed by atoms with Gasteiger partial charge in [0, 0.05) is 17.9 Å². The molecule has 0 N–H and O–H groups in total. The predicted octanol–water partition coefficient (Wildman–Crippen LogP) is 2.96. The van der Waals surface area contributed by atoms with Crippen molar-refractivity contribution in [2.24, 2.45) is 0 Å². The molecular formula is C11H12BrNO2. The molecule has 0 bridgehead atoms. The number of hydrogen-bond donors (Lipinski definition) is 0. The monoisotopic (exact) mass is 269 g/mol. The molecule has 4 heteroatoms. The second-order valence-electron chi connectivity index (χ2n) is 3.58. The molecule has 1 unspecified atom stereocenters. The zero-order chi connectivity index (χ0) is 10.8. The molecule has 1 atom stereocenters. The molecule has 1 aliphatic heterocycles. The van der Waals surface area contributed by atoms with Gasteiger partial charge >= 0.3 is 6.09 Å². The van der Waals surface area contributed by atoms with Gasteiger partial charge in [0.15, 0.2) is 0 Å². The molecule has 1 amide bonds. The summed E-state index contributed by atoms with van der Waals surface area (Å²) in [7, 11) is 1.77. The summed E-state index contributed by atoms with van der Waals surface area (Å²) in [6, 6.07) is 8.18. The van der Waals surface area contributed by atoms with Crippen LogP contribution in [0.5, 0.6) is 0 Å². The van der Waals surface area contributed by atoms with Gasteiger partial charge in [-0.25, -0.2) is 4.79 Å². The van der Waals surface area contributed by atoms with Gasteiger partial charge in [0.2, 0.25) is 0 Å². The number of hydrogen-bond acceptors (Lipinski definition) is 2. The highest BCUT2D eigenvalue weighted by Gasteiger charge is 2.27. The van der Waals surface area contributed by atoms with Crippen molar-refractivity contribution in [3.8, 4) is 0 Å². The Kier molecular flexibility index (Phi) is 2.95. The summed E-state index contributed by atoms with van der Waals surface area (Å²) in [5.74, 6) is 0. The van der Waals surface area contributed by atoms with Crippen LogP contribution in [0.3, 0.4) is 0 Å². The van der Waals surface area contributed by atoms with Crippen LogP contribution >= 0.6 is 15.9 Å². The standard InChI is InChI=1S/C11H12BrNO2/c1-13-10(6-7-15-11(13)14)8-2-4-9(12)5-3-8/h2-5,10H,6-7H2,1H3. The molecule has 3 nitrogen and oxygen atoms in total. The number of benzene rings is 1. The fourth-order valence-electron chi connectivity index (χ4n) is 1.76. The van der Waals surface area contributed by atoms with Gasteiger partial charge in [-0.15, -0.1) is 0 Å². The van der Waals surface area contributed by atoms with Crippen molar-refractivity contribution in [1.29, 1.82) is 0 Å². The lowest BCUT2D eigenvalue weighted by atomic mass is 10.0. The van der Waals surface area contributed by atoms with Gasteiger partial charge in [-0.3, -0.25) is 0 Å². The average molecular weight is 270 g/mol. The SMILES string of the molecule is CN1C(=O)OCCC1c1ccc(Br)cc1. The van der Waals surface area contributed by atoms with Crippen molar-refractivity contribution in [2.45, 2.75) is 12.5 Å². The first kappa shape index (κ1) is 10.5. The maximum Gasteiger partial charge on any atom is 0.410 e. The second kappa shape index (κ2) is 4.23. The third kappa shape index (κ3) is 2.15. The van der Waals surface area contributed by atoms with E-state index in [0.717, 1.165) is 16.5 Å². The van der Waals surface area contributed by atoms with Crippen molar-refractivity contribution in [2.75, 3.05) is 13.7 Å². The minimum Gasteiger partial charge on any atom is -0.449 e. The summed E-state index contributed by atoms with van der Waals surface area (Å²) in [6.45, 7) is 0.504.